The van der Waals surface area contributed by atoms with Gasteiger partial charge in [0, 0.05) is 0 Å². The van der Waals surface area contributed by atoms with Gasteiger partial charge in [0.15, 0.2) is 0 Å². The van der Waals surface area contributed by atoms with E-state index in [4.69, 9.17) is 0 Å². The molecular formula is C20H26. The Kier molecular flexibility index (Phi) is 2.51. The van der Waals surface area contributed by atoms with Gasteiger partial charge in [-0.2, -0.15) is 0 Å². The normalized spacial score (nSPS) is 21.9. The van der Waals surface area contributed by atoms with Crippen LogP contribution in [0.25, 0.3) is 10.8 Å². The van der Waals surface area contributed by atoms with Gasteiger partial charge in [0.2, 0.25) is 0 Å². The molecular weight excluding hydrogens is 240 g/mol. The first kappa shape index (κ1) is 13.7. The first-order valence-electron chi connectivity index (χ1n) is 7.65. The summed E-state index contributed by atoms with van der Waals surface area (Å²) in [5.74, 6) is 0. The summed E-state index contributed by atoms with van der Waals surface area (Å²) in [7, 11) is 0. The smallest absolute Gasteiger partial charge is 0.00379 e. The Balaban J connectivity index is 2.58. The van der Waals surface area contributed by atoms with Crippen molar-refractivity contribution in [3.05, 3.63) is 47.0 Å². The lowest BCUT2D eigenvalue weighted by atomic mass is 9.47. The first-order chi connectivity index (χ1) is 9.12. The SMILES string of the molecule is Cc1ccc2c3c(cccc13)C(C)(C)C(C)(C)C2(C)C. The minimum Gasteiger partial charge on any atom is -0.0613 e. The number of hydrogen-bond donors (Lipinski definition) is 0. The highest BCUT2D eigenvalue weighted by Gasteiger charge is 2.53. The maximum Gasteiger partial charge on any atom is -0.00379 e. The van der Waals surface area contributed by atoms with Crippen LogP contribution in [0.5, 0.6) is 0 Å². The summed E-state index contributed by atoms with van der Waals surface area (Å²) in [4.78, 5) is 0. The molecule has 1 aliphatic carbocycles. The van der Waals surface area contributed by atoms with Gasteiger partial charge >= 0.3 is 0 Å². The third kappa shape index (κ3) is 1.33. The van der Waals surface area contributed by atoms with E-state index in [0.717, 1.165) is 0 Å². The van der Waals surface area contributed by atoms with Crippen LogP contribution in [0.3, 0.4) is 0 Å². The molecule has 0 nitrogen and oxygen atoms in total. The highest BCUT2D eigenvalue weighted by Crippen LogP contribution is 2.59. The van der Waals surface area contributed by atoms with E-state index in [0.29, 0.717) is 0 Å². The Hall–Kier alpha value is -1.30. The molecule has 20 heavy (non-hydrogen) atoms. The van der Waals surface area contributed by atoms with E-state index in [9.17, 15) is 0 Å². The summed E-state index contributed by atoms with van der Waals surface area (Å²) in [6.07, 6.45) is 0. The zero-order chi connectivity index (χ0) is 14.9. The number of hydrogen-bond acceptors (Lipinski definition) is 0. The van der Waals surface area contributed by atoms with Crippen LogP contribution in [-0.4, -0.2) is 0 Å². The maximum atomic E-state index is 2.43. The molecule has 0 N–H and O–H groups in total. The molecule has 0 aliphatic heterocycles. The first-order valence-corrected chi connectivity index (χ1v) is 7.65. The molecule has 1 aliphatic rings. The third-order valence-electron chi connectivity index (χ3n) is 6.73. The van der Waals surface area contributed by atoms with Crippen molar-refractivity contribution in [3.8, 4) is 0 Å². The lowest BCUT2D eigenvalue weighted by Crippen LogP contribution is -2.52. The van der Waals surface area contributed by atoms with Crippen molar-refractivity contribution in [2.45, 2.75) is 59.3 Å². The lowest BCUT2D eigenvalue weighted by molar-refractivity contribution is 0.0869. The van der Waals surface area contributed by atoms with Crippen LogP contribution in [0.2, 0.25) is 0 Å². The second-order valence-electron chi connectivity index (χ2n) is 8.03. The molecule has 106 valence electrons. The quantitative estimate of drug-likeness (QED) is 0.570. The Morgan fingerprint density at radius 3 is 1.85 bits per heavy atom. The van der Waals surface area contributed by atoms with Gasteiger partial charge in [0.1, 0.15) is 0 Å². The van der Waals surface area contributed by atoms with Crippen LogP contribution in [-0.2, 0) is 10.8 Å². The van der Waals surface area contributed by atoms with Crippen molar-refractivity contribution >= 4 is 10.8 Å². The van der Waals surface area contributed by atoms with Gasteiger partial charge < -0.3 is 0 Å². The van der Waals surface area contributed by atoms with E-state index in [1.54, 1.807) is 0 Å². The monoisotopic (exact) mass is 266 g/mol. The predicted octanol–water partition coefficient (Wildman–Crippen LogP) is 5.74. The summed E-state index contributed by atoms with van der Waals surface area (Å²) in [5, 5.41) is 2.93. The fourth-order valence-corrected chi connectivity index (χ4v) is 4.05. The molecule has 3 rings (SSSR count). The largest absolute Gasteiger partial charge is 0.0613 e. The van der Waals surface area contributed by atoms with Crippen LogP contribution < -0.4 is 0 Å². The van der Waals surface area contributed by atoms with Crippen molar-refractivity contribution in [2.24, 2.45) is 5.41 Å². The van der Waals surface area contributed by atoms with E-state index < -0.39 is 0 Å². The molecule has 0 spiro atoms. The minimum atomic E-state index is 0.163. The Bertz CT molecular complexity index is 675. The van der Waals surface area contributed by atoms with Crippen molar-refractivity contribution < 1.29 is 0 Å². The van der Waals surface area contributed by atoms with Gasteiger partial charge in [0.05, 0.1) is 0 Å². The van der Waals surface area contributed by atoms with E-state index in [2.05, 4.69) is 78.8 Å². The fourth-order valence-electron chi connectivity index (χ4n) is 4.05. The van der Waals surface area contributed by atoms with Crippen LogP contribution in [0.1, 0.15) is 58.2 Å². The molecule has 2 aromatic rings. The standard InChI is InChI=1S/C20H26/c1-13-11-12-16-17-14(13)9-8-10-15(17)18(2,3)20(6,7)19(16,4)5/h8-12H,1-7H3. The molecule has 0 saturated heterocycles. The highest BCUT2D eigenvalue weighted by atomic mass is 14.6. The third-order valence-corrected chi connectivity index (χ3v) is 6.73. The lowest BCUT2D eigenvalue weighted by Gasteiger charge is -2.57. The van der Waals surface area contributed by atoms with Gasteiger partial charge in [-0.3, -0.25) is 0 Å². The maximum absolute atomic E-state index is 2.43. The summed E-state index contributed by atoms with van der Waals surface area (Å²) in [6.45, 7) is 16.7. The van der Waals surface area contributed by atoms with Gasteiger partial charge in [-0.1, -0.05) is 71.9 Å². The Morgan fingerprint density at radius 1 is 0.700 bits per heavy atom. The van der Waals surface area contributed by atoms with Crippen LogP contribution in [0.4, 0.5) is 0 Å². The van der Waals surface area contributed by atoms with Crippen molar-refractivity contribution in [3.63, 3.8) is 0 Å². The topological polar surface area (TPSA) is 0 Å². The van der Waals surface area contributed by atoms with Gasteiger partial charge in [-0.15, -0.1) is 0 Å². The summed E-state index contributed by atoms with van der Waals surface area (Å²) in [5.41, 5.74) is 4.94. The molecule has 0 saturated carbocycles. The van der Waals surface area contributed by atoms with E-state index >= 15 is 0 Å². The predicted molar refractivity (Wildman–Crippen MR) is 88.5 cm³/mol. The van der Waals surface area contributed by atoms with E-state index in [1.165, 1.54) is 27.5 Å². The van der Waals surface area contributed by atoms with Gasteiger partial charge in [-0.05, 0) is 50.6 Å². The molecule has 0 unspecified atom stereocenters. The summed E-state index contributed by atoms with van der Waals surface area (Å²) in [6, 6.07) is 11.5. The average Bonchev–Trinajstić information content (AvgIpc) is 2.36. The number of benzene rings is 2. The Labute approximate surface area is 123 Å². The molecule has 0 fully saturated rings. The van der Waals surface area contributed by atoms with E-state index in [1.807, 2.05) is 0 Å². The van der Waals surface area contributed by atoms with E-state index in [-0.39, 0.29) is 16.2 Å². The van der Waals surface area contributed by atoms with Gasteiger partial charge in [0.25, 0.3) is 0 Å². The molecule has 0 bridgehead atoms. The average molecular weight is 266 g/mol. The van der Waals surface area contributed by atoms with Crippen LogP contribution in [0, 0.1) is 12.3 Å². The molecule has 0 heteroatoms. The summed E-state index contributed by atoms with van der Waals surface area (Å²) >= 11 is 0. The van der Waals surface area contributed by atoms with Crippen molar-refractivity contribution in [2.75, 3.05) is 0 Å². The molecule has 0 atom stereocenters. The fraction of sp³-hybridized carbons (Fsp3) is 0.500. The van der Waals surface area contributed by atoms with Crippen molar-refractivity contribution in [1.82, 2.24) is 0 Å². The van der Waals surface area contributed by atoms with Crippen LogP contribution in [0.15, 0.2) is 30.3 Å². The highest BCUT2D eigenvalue weighted by molar-refractivity contribution is 5.94. The molecule has 0 heterocycles. The zero-order valence-corrected chi connectivity index (χ0v) is 13.9. The second-order valence-corrected chi connectivity index (χ2v) is 8.03. The molecule has 0 radical (unpaired) electrons. The minimum absolute atomic E-state index is 0.163. The van der Waals surface area contributed by atoms with Crippen LogP contribution >= 0.6 is 0 Å². The van der Waals surface area contributed by atoms with Gasteiger partial charge in [-0.25, -0.2) is 0 Å². The Morgan fingerprint density at radius 2 is 1.25 bits per heavy atom. The number of aryl methyl sites for hydroxylation is 1. The molecule has 2 aromatic carbocycles. The molecule has 0 amide bonds. The number of rotatable bonds is 0. The van der Waals surface area contributed by atoms with Crippen molar-refractivity contribution in [1.29, 1.82) is 0 Å². The summed E-state index contributed by atoms with van der Waals surface area (Å²) < 4.78 is 0. The molecule has 0 aromatic heterocycles. The zero-order valence-electron chi connectivity index (χ0n) is 13.9. The second kappa shape index (κ2) is 3.67.